The molecule has 1 rings (SSSR count). The van der Waals surface area contributed by atoms with Crippen molar-refractivity contribution in [3.8, 4) is 11.8 Å². The van der Waals surface area contributed by atoms with Crippen LogP contribution in [0.5, 0.6) is 0 Å². The maximum absolute atomic E-state index is 13.5. The average molecular weight is 237 g/mol. The minimum absolute atomic E-state index is 0.117. The summed E-state index contributed by atoms with van der Waals surface area (Å²) in [6.07, 6.45) is 1.87. The van der Waals surface area contributed by atoms with Gasteiger partial charge in [0.15, 0.2) is 0 Å². The standard InChI is InChI=1S/C13H16FNS/c1-4-5-8-15-10(2)11-6-7-13(16-3)12(14)9-11/h6-7,9-10,15H,8H2,1-3H3. The van der Waals surface area contributed by atoms with Crippen molar-refractivity contribution in [3.05, 3.63) is 29.6 Å². The third kappa shape index (κ3) is 3.55. The van der Waals surface area contributed by atoms with E-state index in [1.165, 1.54) is 11.8 Å². The van der Waals surface area contributed by atoms with Crippen LogP contribution in [0.3, 0.4) is 0 Å². The summed E-state index contributed by atoms with van der Waals surface area (Å²) in [4.78, 5) is 0.685. The Morgan fingerprint density at radius 3 is 2.81 bits per heavy atom. The van der Waals surface area contributed by atoms with Crippen molar-refractivity contribution in [2.24, 2.45) is 0 Å². The highest BCUT2D eigenvalue weighted by molar-refractivity contribution is 7.98. The number of halogens is 1. The smallest absolute Gasteiger partial charge is 0.137 e. The van der Waals surface area contributed by atoms with Gasteiger partial charge in [0, 0.05) is 10.9 Å². The Bertz CT molecular complexity index is 406. The highest BCUT2D eigenvalue weighted by Gasteiger charge is 2.07. The first-order chi connectivity index (χ1) is 7.69. The van der Waals surface area contributed by atoms with Crippen LogP contribution in [0.1, 0.15) is 25.5 Å². The van der Waals surface area contributed by atoms with Crippen molar-refractivity contribution in [2.75, 3.05) is 12.8 Å². The first-order valence-corrected chi connectivity index (χ1v) is 6.38. The maximum atomic E-state index is 13.5. The summed E-state index contributed by atoms with van der Waals surface area (Å²) < 4.78 is 13.5. The van der Waals surface area contributed by atoms with Gasteiger partial charge in [0.25, 0.3) is 0 Å². The summed E-state index contributed by atoms with van der Waals surface area (Å²) in [6, 6.07) is 5.47. The van der Waals surface area contributed by atoms with Crippen LogP contribution in [0, 0.1) is 17.7 Å². The van der Waals surface area contributed by atoms with Crippen LogP contribution in [0.4, 0.5) is 4.39 Å². The molecule has 0 aliphatic rings. The minimum Gasteiger partial charge on any atom is -0.300 e. The van der Waals surface area contributed by atoms with Crippen LogP contribution in [0.2, 0.25) is 0 Å². The van der Waals surface area contributed by atoms with Gasteiger partial charge in [-0.15, -0.1) is 17.7 Å². The van der Waals surface area contributed by atoms with E-state index in [9.17, 15) is 4.39 Å². The third-order valence-corrected chi connectivity index (χ3v) is 3.12. The summed E-state index contributed by atoms with van der Waals surface area (Å²) in [5.41, 5.74) is 0.952. The molecule has 0 saturated carbocycles. The zero-order chi connectivity index (χ0) is 12.0. The summed E-state index contributed by atoms with van der Waals surface area (Å²) in [6.45, 7) is 4.44. The highest BCUT2D eigenvalue weighted by atomic mass is 32.2. The molecule has 0 aromatic heterocycles. The quantitative estimate of drug-likeness (QED) is 0.637. The molecule has 0 heterocycles. The molecular formula is C13H16FNS. The van der Waals surface area contributed by atoms with Gasteiger partial charge in [-0.05, 0) is 37.8 Å². The number of hydrogen-bond donors (Lipinski definition) is 1. The number of thioether (sulfide) groups is 1. The molecule has 0 aliphatic heterocycles. The van der Waals surface area contributed by atoms with E-state index in [1.54, 1.807) is 13.0 Å². The molecule has 0 aliphatic carbocycles. The van der Waals surface area contributed by atoms with E-state index in [0.29, 0.717) is 11.4 Å². The van der Waals surface area contributed by atoms with Gasteiger partial charge in [-0.2, -0.15) is 0 Å². The first kappa shape index (κ1) is 13.1. The predicted octanol–water partition coefficient (Wildman–Crippen LogP) is 3.22. The van der Waals surface area contributed by atoms with E-state index < -0.39 is 0 Å². The van der Waals surface area contributed by atoms with Gasteiger partial charge in [0.05, 0.1) is 6.54 Å². The second-order valence-electron chi connectivity index (χ2n) is 3.42. The van der Waals surface area contributed by atoms with Crippen molar-refractivity contribution in [1.82, 2.24) is 5.32 Å². The second kappa shape index (κ2) is 6.57. The Kier molecular flexibility index (Phi) is 5.37. The summed E-state index contributed by atoms with van der Waals surface area (Å²) in [5.74, 6) is 5.59. The van der Waals surface area contributed by atoms with Gasteiger partial charge < -0.3 is 0 Å². The largest absolute Gasteiger partial charge is 0.300 e. The Balaban J connectivity index is 2.71. The molecule has 0 amide bonds. The molecule has 1 nitrogen and oxygen atoms in total. The fraction of sp³-hybridized carbons (Fsp3) is 0.385. The van der Waals surface area contributed by atoms with E-state index in [4.69, 9.17) is 0 Å². The monoisotopic (exact) mass is 237 g/mol. The molecule has 3 heteroatoms. The lowest BCUT2D eigenvalue weighted by molar-refractivity contribution is 0.581. The number of nitrogens with one attached hydrogen (secondary N) is 1. The Morgan fingerprint density at radius 2 is 2.25 bits per heavy atom. The Labute approximate surface area is 101 Å². The van der Waals surface area contributed by atoms with E-state index in [1.807, 2.05) is 25.3 Å². The van der Waals surface area contributed by atoms with Crippen LogP contribution >= 0.6 is 11.8 Å². The van der Waals surface area contributed by atoms with Crippen LogP contribution in [-0.4, -0.2) is 12.8 Å². The SMILES string of the molecule is CC#CCNC(C)c1ccc(SC)c(F)c1. The Hall–Kier alpha value is -0.980. The van der Waals surface area contributed by atoms with E-state index in [0.717, 1.165) is 5.56 Å². The molecule has 0 fully saturated rings. The zero-order valence-corrected chi connectivity index (χ0v) is 10.6. The molecule has 0 bridgehead atoms. The van der Waals surface area contributed by atoms with E-state index >= 15 is 0 Å². The first-order valence-electron chi connectivity index (χ1n) is 5.15. The van der Waals surface area contributed by atoms with Crippen LogP contribution < -0.4 is 5.32 Å². The fourth-order valence-corrected chi connectivity index (χ4v) is 1.82. The number of benzene rings is 1. The predicted molar refractivity (Wildman–Crippen MR) is 68.0 cm³/mol. The molecule has 1 atom stereocenters. The van der Waals surface area contributed by atoms with Crippen molar-refractivity contribution in [2.45, 2.75) is 24.8 Å². The summed E-state index contributed by atoms with van der Waals surface area (Å²) in [5, 5.41) is 3.22. The van der Waals surface area contributed by atoms with Crippen LogP contribution in [-0.2, 0) is 0 Å². The van der Waals surface area contributed by atoms with E-state index in [2.05, 4.69) is 17.2 Å². The highest BCUT2D eigenvalue weighted by Crippen LogP contribution is 2.22. The third-order valence-electron chi connectivity index (χ3n) is 2.35. The van der Waals surface area contributed by atoms with Gasteiger partial charge in [-0.3, -0.25) is 5.32 Å². The number of rotatable bonds is 4. The summed E-state index contributed by atoms with van der Waals surface area (Å²) >= 11 is 1.42. The van der Waals surface area contributed by atoms with Gasteiger partial charge in [-0.1, -0.05) is 12.0 Å². The van der Waals surface area contributed by atoms with Crippen molar-refractivity contribution < 1.29 is 4.39 Å². The van der Waals surface area contributed by atoms with Crippen molar-refractivity contribution >= 4 is 11.8 Å². The fourth-order valence-electron chi connectivity index (χ4n) is 1.36. The number of hydrogen-bond acceptors (Lipinski definition) is 2. The second-order valence-corrected chi connectivity index (χ2v) is 4.27. The molecule has 0 spiro atoms. The maximum Gasteiger partial charge on any atom is 0.137 e. The lowest BCUT2D eigenvalue weighted by atomic mass is 10.1. The molecule has 86 valence electrons. The van der Waals surface area contributed by atoms with Gasteiger partial charge in [0.1, 0.15) is 5.82 Å². The lowest BCUT2D eigenvalue weighted by Crippen LogP contribution is -2.18. The van der Waals surface area contributed by atoms with Crippen LogP contribution in [0.25, 0.3) is 0 Å². The average Bonchev–Trinajstić information content (AvgIpc) is 2.29. The molecular weight excluding hydrogens is 221 g/mol. The normalized spacial score (nSPS) is 11.8. The van der Waals surface area contributed by atoms with E-state index in [-0.39, 0.29) is 11.9 Å². The van der Waals surface area contributed by atoms with Crippen molar-refractivity contribution in [3.63, 3.8) is 0 Å². The molecule has 1 N–H and O–H groups in total. The van der Waals surface area contributed by atoms with Crippen molar-refractivity contribution in [1.29, 1.82) is 0 Å². The molecule has 1 aromatic carbocycles. The van der Waals surface area contributed by atoms with Gasteiger partial charge >= 0.3 is 0 Å². The molecule has 1 aromatic rings. The van der Waals surface area contributed by atoms with Gasteiger partial charge in [0.2, 0.25) is 0 Å². The van der Waals surface area contributed by atoms with Gasteiger partial charge in [-0.25, -0.2) is 4.39 Å². The summed E-state index contributed by atoms with van der Waals surface area (Å²) in [7, 11) is 0. The van der Waals surface area contributed by atoms with Crippen LogP contribution in [0.15, 0.2) is 23.1 Å². The molecule has 0 saturated heterocycles. The topological polar surface area (TPSA) is 12.0 Å². The molecule has 1 unspecified atom stereocenters. The molecule has 0 radical (unpaired) electrons. The minimum atomic E-state index is -0.153. The zero-order valence-electron chi connectivity index (χ0n) is 9.80. The molecule has 16 heavy (non-hydrogen) atoms. The lowest BCUT2D eigenvalue weighted by Gasteiger charge is -2.13. The Morgan fingerprint density at radius 1 is 1.50 bits per heavy atom.